The van der Waals surface area contributed by atoms with E-state index in [0.29, 0.717) is 17.6 Å². The van der Waals surface area contributed by atoms with Crippen LogP contribution in [0.5, 0.6) is 5.75 Å². The quantitative estimate of drug-likeness (QED) is 0.736. The lowest BCUT2D eigenvalue weighted by atomic mass is 9.72. The molecule has 1 aliphatic carbocycles. The molecule has 0 radical (unpaired) electrons. The summed E-state index contributed by atoms with van der Waals surface area (Å²) in [6.07, 6.45) is 4.75. The molecule has 102 valence electrons. The molecule has 2 rings (SSSR count). The van der Waals surface area contributed by atoms with Crippen LogP contribution < -0.4 is 0 Å². The maximum absolute atomic E-state index is 9.71. The number of aryl methyl sites for hydroxylation is 2. The van der Waals surface area contributed by atoms with Crippen molar-refractivity contribution in [3.05, 3.63) is 52.6 Å². The monoisotopic (exact) mass is 256 g/mol. The van der Waals surface area contributed by atoms with Gasteiger partial charge in [-0.05, 0) is 75.3 Å². The van der Waals surface area contributed by atoms with Gasteiger partial charge in [-0.15, -0.1) is 0 Å². The van der Waals surface area contributed by atoms with Crippen molar-refractivity contribution in [1.29, 1.82) is 0 Å². The number of aromatic hydroxyl groups is 1. The Hall–Kier alpha value is -1.50. The minimum Gasteiger partial charge on any atom is -0.508 e. The molecule has 0 aliphatic heterocycles. The van der Waals surface area contributed by atoms with Crippen molar-refractivity contribution >= 4 is 0 Å². The predicted molar refractivity (Wildman–Crippen MR) is 81.6 cm³/mol. The zero-order valence-electron chi connectivity index (χ0n) is 12.5. The molecule has 0 saturated carbocycles. The summed E-state index contributed by atoms with van der Waals surface area (Å²) < 4.78 is 0. The van der Waals surface area contributed by atoms with Gasteiger partial charge in [-0.2, -0.15) is 0 Å². The van der Waals surface area contributed by atoms with Gasteiger partial charge >= 0.3 is 0 Å². The third-order valence-electron chi connectivity index (χ3n) is 4.29. The highest BCUT2D eigenvalue weighted by atomic mass is 16.3. The summed E-state index contributed by atoms with van der Waals surface area (Å²) in [5.74, 6) is 1.29. The summed E-state index contributed by atoms with van der Waals surface area (Å²) in [5, 5.41) is 9.71. The Kier molecular flexibility index (Phi) is 3.84. The first kappa shape index (κ1) is 13.9. The number of rotatable bonds is 2. The van der Waals surface area contributed by atoms with Crippen LogP contribution in [0.4, 0.5) is 0 Å². The lowest BCUT2D eigenvalue weighted by Crippen LogP contribution is -2.18. The highest BCUT2D eigenvalue weighted by Gasteiger charge is 2.27. The van der Waals surface area contributed by atoms with E-state index >= 15 is 0 Å². The second-order valence-corrected chi connectivity index (χ2v) is 6.02. The van der Waals surface area contributed by atoms with Crippen molar-refractivity contribution in [2.75, 3.05) is 0 Å². The highest BCUT2D eigenvalue weighted by Crippen LogP contribution is 2.42. The number of hydrogen-bond donors (Lipinski definition) is 1. The van der Waals surface area contributed by atoms with Gasteiger partial charge in [0.05, 0.1) is 0 Å². The molecule has 1 heteroatoms. The molecule has 1 nitrogen and oxygen atoms in total. The molecule has 0 aromatic heterocycles. The predicted octanol–water partition coefficient (Wildman–Crippen LogP) is 5.03. The summed E-state index contributed by atoms with van der Waals surface area (Å²) in [6.45, 7) is 12.7. The molecule has 1 aliphatic rings. The molecule has 0 amide bonds. The van der Waals surface area contributed by atoms with E-state index in [1.54, 1.807) is 0 Å². The van der Waals surface area contributed by atoms with E-state index in [0.717, 1.165) is 0 Å². The van der Waals surface area contributed by atoms with Crippen LogP contribution in [-0.4, -0.2) is 5.11 Å². The molecule has 0 heterocycles. The second-order valence-electron chi connectivity index (χ2n) is 6.02. The minimum absolute atomic E-state index is 0.363. The molecule has 0 bridgehead atoms. The maximum atomic E-state index is 9.71. The lowest BCUT2D eigenvalue weighted by Gasteiger charge is -2.32. The Labute approximate surface area is 116 Å². The van der Waals surface area contributed by atoms with Gasteiger partial charge < -0.3 is 5.11 Å². The topological polar surface area (TPSA) is 20.2 Å². The van der Waals surface area contributed by atoms with Gasteiger partial charge in [0.1, 0.15) is 5.75 Å². The number of hydrogen-bond acceptors (Lipinski definition) is 1. The number of allylic oxidation sites excluding steroid dienone is 3. The fourth-order valence-electron chi connectivity index (χ4n) is 3.38. The van der Waals surface area contributed by atoms with E-state index in [1.165, 1.54) is 40.7 Å². The number of phenols is 1. The van der Waals surface area contributed by atoms with Gasteiger partial charge in [0.25, 0.3) is 0 Å². The van der Waals surface area contributed by atoms with Crippen molar-refractivity contribution < 1.29 is 5.11 Å². The summed E-state index contributed by atoms with van der Waals surface area (Å²) >= 11 is 0. The molecule has 1 aromatic rings. The van der Waals surface area contributed by atoms with Crippen molar-refractivity contribution in [2.45, 2.75) is 46.5 Å². The molecular weight excluding hydrogens is 232 g/mol. The van der Waals surface area contributed by atoms with Crippen molar-refractivity contribution in [3.8, 4) is 5.75 Å². The third-order valence-corrected chi connectivity index (χ3v) is 4.29. The third kappa shape index (κ3) is 2.75. The molecule has 2 atom stereocenters. The summed E-state index contributed by atoms with van der Waals surface area (Å²) in [6, 6.07) is 3.74. The normalized spacial score (nSPS) is 23.1. The molecule has 0 spiro atoms. The molecule has 0 fully saturated rings. The van der Waals surface area contributed by atoms with Crippen molar-refractivity contribution in [2.24, 2.45) is 5.92 Å². The summed E-state index contributed by atoms with van der Waals surface area (Å²) in [7, 11) is 0. The van der Waals surface area contributed by atoms with E-state index < -0.39 is 0 Å². The summed E-state index contributed by atoms with van der Waals surface area (Å²) in [5.41, 5.74) is 6.46. The van der Waals surface area contributed by atoms with Gasteiger partial charge in [-0.3, -0.25) is 0 Å². The standard InChI is InChI=1S/C18H24O/c1-11(2)16-7-6-12(3)8-17(16)18-13(4)9-15(19)10-14(18)5/h8-10,16-17,19H,1,6-7H2,2-5H3. The van der Waals surface area contributed by atoms with E-state index in [2.05, 4.69) is 40.3 Å². The van der Waals surface area contributed by atoms with Crippen LogP contribution in [0.1, 0.15) is 49.3 Å². The molecule has 2 unspecified atom stereocenters. The Bertz CT molecular complexity index is 514. The molecule has 1 N–H and O–H groups in total. The van der Waals surface area contributed by atoms with Gasteiger partial charge in [-0.25, -0.2) is 0 Å². The van der Waals surface area contributed by atoms with Crippen LogP contribution in [-0.2, 0) is 0 Å². The Morgan fingerprint density at radius 2 is 1.79 bits per heavy atom. The zero-order valence-corrected chi connectivity index (χ0v) is 12.5. The Morgan fingerprint density at radius 1 is 1.21 bits per heavy atom. The summed E-state index contributed by atoms with van der Waals surface area (Å²) in [4.78, 5) is 0. The van der Waals surface area contributed by atoms with Crippen LogP contribution in [0.3, 0.4) is 0 Å². The van der Waals surface area contributed by atoms with E-state index in [9.17, 15) is 5.11 Å². The van der Waals surface area contributed by atoms with Gasteiger partial charge in [0.2, 0.25) is 0 Å². The van der Waals surface area contributed by atoms with E-state index in [4.69, 9.17) is 0 Å². The van der Waals surface area contributed by atoms with Crippen LogP contribution >= 0.6 is 0 Å². The first-order valence-corrected chi connectivity index (χ1v) is 7.03. The van der Waals surface area contributed by atoms with Crippen molar-refractivity contribution in [3.63, 3.8) is 0 Å². The Balaban J connectivity index is 2.54. The van der Waals surface area contributed by atoms with E-state index in [1.807, 2.05) is 12.1 Å². The fourth-order valence-corrected chi connectivity index (χ4v) is 3.38. The zero-order chi connectivity index (χ0) is 14.2. The average molecular weight is 256 g/mol. The molecule has 19 heavy (non-hydrogen) atoms. The number of phenolic OH excluding ortho intramolecular Hbond substituents is 1. The molecule has 0 saturated heterocycles. The first-order valence-electron chi connectivity index (χ1n) is 7.03. The van der Waals surface area contributed by atoms with Crippen LogP contribution in [0.15, 0.2) is 35.9 Å². The fraction of sp³-hybridized carbons (Fsp3) is 0.444. The minimum atomic E-state index is 0.363. The van der Waals surface area contributed by atoms with Crippen LogP contribution in [0.2, 0.25) is 0 Å². The van der Waals surface area contributed by atoms with Gasteiger partial charge in [0, 0.05) is 5.92 Å². The average Bonchev–Trinajstić information content (AvgIpc) is 2.27. The smallest absolute Gasteiger partial charge is 0.116 e. The Morgan fingerprint density at radius 3 is 2.32 bits per heavy atom. The highest BCUT2D eigenvalue weighted by molar-refractivity contribution is 5.46. The van der Waals surface area contributed by atoms with Gasteiger partial charge in [0.15, 0.2) is 0 Å². The van der Waals surface area contributed by atoms with Gasteiger partial charge in [-0.1, -0.05) is 23.8 Å². The second kappa shape index (κ2) is 5.24. The largest absolute Gasteiger partial charge is 0.508 e. The first-order chi connectivity index (χ1) is 8.90. The van der Waals surface area contributed by atoms with Crippen LogP contribution in [0.25, 0.3) is 0 Å². The molecular formula is C18H24O. The van der Waals surface area contributed by atoms with Crippen molar-refractivity contribution in [1.82, 2.24) is 0 Å². The lowest BCUT2D eigenvalue weighted by molar-refractivity contribution is 0.467. The van der Waals surface area contributed by atoms with Crippen LogP contribution in [0, 0.1) is 19.8 Å². The maximum Gasteiger partial charge on any atom is 0.116 e. The SMILES string of the molecule is C=C(C)C1CCC(C)=CC1c1c(C)cc(O)cc1C. The van der Waals surface area contributed by atoms with E-state index in [-0.39, 0.29) is 0 Å². The molecule has 1 aromatic carbocycles. The number of benzene rings is 1.